The number of para-hydroxylation sites is 1. The van der Waals surface area contributed by atoms with E-state index in [4.69, 9.17) is 19.2 Å². The standard InChI is InChI=1S/C30H25BrN2O5S/c1-4-38-29(35)24-25(19-11-6-5-7-12-19)32-30-33(26(24)21-14-9-15-22(36-2)27(21)37-3)28(34)23(39-30)17-18-10-8-13-20(31)16-18/h5-17,26H,4H2,1-3H3. The molecule has 0 bridgehead atoms. The number of hydrogen-bond donors (Lipinski definition) is 0. The number of thiazole rings is 1. The number of nitrogens with zero attached hydrogens (tertiary/aromatic N) is 2. The van der Waals surface area contributed by atoms with Gasteiger partial charge in [-0.05, 0) is 36.8 Å². The van der Waals surface area contributed by atoms with Crippen molar-refractivity contribution in [2.24, 2.45) is 4.99 Å². The van der Waals surface area contributed by atoms with Gasteiger partial charge in [0, 0.05) is 15.6 Å². The number of hydrogen-bond acceptors (Lipinski definition) is 7. The van der Waals surface area contributed by atoms with E-state index in [0.717, 1.165) is 15.6 Å². The molecule has 3 aromatic carbocycles. The Labute approximate surface area is 237 Å². The Bertz CT molecular complexity index is 1760. The molecular weight excluding hydrogens is 580 g/mol. The highest BCUT2D eigenvalue weighted by atomic mass is 79.9. The molecule has 7 nitrogen and oxygen atoms in total. The normalized spacial score (nSPS) is 15.0. The zero-order valence-electron chi connectivity index (χ0n) is 21.5. The van der Waals surface area contributed by atoms with Crippen LogP contribution in [-0.4, -0.2) is 31.4 Å². The van der Waals surface area contributed by atoms with Crippen LogP contribution in [0.4, 0.5) is 0 Å². The van der Waals surface area contributed by atoms with Gasteiger partial charge in [-0.2, -0.15) is 0 Å². The molecule has 0 spiro atoms. The van der Waals surface area contributed by atoms with Gasteiger partial charge in [0.05, 0.1) is 36.6 Å². The first-order chi connectivity index (χ1) is 19.0. The lowest BCUT2D eigenvalue weighted by molar-refractivity contribution is -0.138. The maximum Gasteiger partial charge on any atom is 0.338 e. The number of aromatic nitrogens is 1. The Balaban J connectivity index is 1.89. The van der Waals surface area contributed by atoms with E-state index in [1.54, 1.807) is 30.7 Å². The first-order valence-corrected chi connectivity index (χ1v) is 13.8. The molecule has 0 saturated heterocycles. The van der Waals surface area contributed by atoms with Crippen LogP contribution in [-0.2, 0) is 9.53 Å². The van der Waals surface area contributed by atoms with Crippen LogP contribution in [0.15, 0.2) is 92.6 Å². The number of methoxy groups -OCH3 is 2. The van der Waals surface area contributed by atoms with Gasteiger partial charge in [0.25, 0.3) is 5.56 Å². The molecule has 1 atom stereocenters. The maximum atomic E-state index is 14.0. The zero-order chi connectivity index (χ0) is 27.5. The molecule has 9 heteroatoms. The molecule has 0 saturated carbocycles. The van der Waals surface area contributed by atoms with Gasteiger partial charge in [-0.1, -0.05) is 81.9 Å². The number of carbonyl (C=O) groups is 1. The number of benzene rings is 3. The van der Waals surface area contributed by atoms with Crippen molar-refractivity contribution in [3.8, 4) is 11.5 Å². The average molecular weight is 606 g/mol. The second-order valence-corrected chi connectivity index (χ2v) is 10.5. The fraction of sp³-hybridized carbons (Fsp3) is 0.167. The zero-order valence-corrected chi connectivity index (χ0v) is 23.9. The number of rotatable bonds is 7. The van der Waals surface area contributed by atoms with Crippen LogP contribution in [0.25, 0.3) is 11.8 Å². The summed E-state index contributed by atoms with van der Waals surface area (Å²) in [6.07, 6.45) is 1.82. The predicted octanol–water partition coefficient (Wildman–Crippen LogP) is 4.72. The van der Waals surface area contributed by atoms with Gasteiger partial charge in [0.2, 0.25) is 0 Å². The van der Waals surface area contributed by atoms with Gasteiger partial charge in [-0.15, -0.1) is 0 Å². The summed E-state index contributed by atoms with van der Waals surface area (Å²) in [6.45, 7) is 1.91. The SMILES string of the molecule is CCOC(=O)C1=C(c2ccccc2)N=c2sc(=Cc3cccc(Br)c3)c(=O)n2C1c1cccc(OC)c1OC. The van der Waals surface area contributed by atoms with Crippen LogP contribution >= 0.6 is 27.3 Å². The minimum atomic E-state index is -0.870. The molecule has 2 heterocycles. The summed E-state index contributed by atoms with van der Waals surface area (Å²) in [6, 6.07) is 21.6. The van der Waals surface area contributed by atoms with Crippen molar-refractivity contribution >= 4 is 45.0 Å². The number of ether oxygens (including phenoxy) is 3. The van der Waals surface area contributed by atoms with E-state index in [1.807, 2.05) is 66.7 Å². The molecule has 0 amide bonds. The van der Waals surface area contributed by atoms with Crippen LogP contribution < -0.4 is 24.4 Å². The fourth-order valence-electron chi connectivity index (χ4n) is 4.61. The van der Waals surface area contributed by atoms with E-state index in [2.05, 4.69) is 15.9 Å². The topological polar surface area (TPSA) is 79.1 Å². The van der Waals surface area contributed by atoms with Crippen molar-refractivity contribution in [2.75, 3.05) is 20.8 Å². The second-order valence-electron chi connectivity index (χ2n) is 8.57. The molecule has 0 aliphatic carbocycles. The molecule has 0 fully saturated rings. The highest BCUT2D eigenvalue weighted by Gasteiger charge is 2.37. The van der Waals surface area contributed by atoms with Gasteiger partial charge in [0.15, 0.2) is 16.3 Å². The van der Waals surface area contributed by atoms with Crippen molar-refractivity contribution in [1.82, 2.24) is 4.57 Å². The van der Waals surface area contributed by atoms with E-state index < -0.39 is 12.0 Å². The average Bonchev–Trinajstić information content (AvgIpc) is 3.26. The minimum absolute atomic E-state index is 0.166. The van der Waals surface area contributed by atoms with Gasteiger partial charge >= 0.3 is 5.97 Å². The van der Waals surface area contributed by atoms with E-state index in [9.17, 15) is 9.59 Å². The van der Waals surface area contributed by atoms with Gasteiger partial charge in [-0.25, -0.2) is 9.79 Å². The third kappa shape index (κ3) is 5.07. The summed E-state index contributed by atoms with van der Waals surface area (Å²) in [4.78, 5) is 33.0. The molecule has 39 heavy (non-hydrogen) atoms. The molecule has 1 aliphatic heterocycles. The molecular formula is C30H25BrN2O5S. The lowest BCUT2D eigenvalue weighted by atomic mass is 9.92. The largest absolute Gasteiger partial charge is 0.493 e. The molecule has 0 N–H and O–H groups in total. The monoisotopic (exact) mass is 604 g/mol. The fourth-order valence-corrected chi connectivity index (χ4v) is 6.03. The first-order valence-electron chi connectivity index (χ1n) is 12.2. The van der Waals surface area contributed by atoms with Crippen LogP contribution in [0.5, 0.6) is 11.5 Å². The highest BCUT2D eigenvalue weighted by Crippen LogP contribution is 2.42. The molecule has 198 valence electrons. The predicted molar refractivity (Wildman–Crippen MR) is 155 cm³/mol. The number of fused-ring (bicyclic) bond motifs is 1. The Morgan fingerprint density at radius 2 is 1.82 bits per heavy atom. The van der Waals surface area contributed by atoms with E-state index in [0.29, 0.717) is 32.1 Å². The van der Waals surface area contributed by atoms with E-state index in [-0.39, 0.29) is 17.7 Å². The molecule has 1 unspecified atom stereocenters. The van der Waals surface area contributed by atoms with Crippen molar-refractivity contribution in [2.45, 2.75) is 13.0 Å². The van der Waals surface area contributed by atoms with E-state index >= 15 is 0 Å². The third-order valence-corrected chi connectivity index (χ3v) is 7.72. The quantitative estimate of drug-likeness (QED) is 0.285. The van der Waals surface area contributed by atoms with Crippen molar-refractivity contribution < 1.29 is 19.0 Å². The van der Waals surface area contributed by atoms with Crippen LogP contribution in [0.2, 0.25) is 0 Å². The summed E-state index contributed by atoms with van der Waals surface area (Å²) in [5.74, 6) is 0.339. The van der Waals surface area contributed by atoms with Crippen molar-refractivity contribution in [1.29, 1.82) is 0 Å². The minimum Gasteiger partial charge on any atom is -0.493 e. The molecule has 5 rings (SSSR count). The third-order valence-electron chi connectivity index (χ3n) is 6.25. The number of halogens is 1. The lowest BCUT2D eigenvalue weighted by Crippen LogP contribution is -2.40. The number of carbonyl (C=O) groups excluding carboxylic acids is 1. The van der Waals surface area contributed by atoms with Gasteiger partial charge < -0.3 is 14.2 Å². The first kappa shape index (κ1) is 26.6. The molecule has 0 radical (unpaired) electrons. The summed E-state index contributed by atoms with van der Waals surface area (Å²) in [5, 5.41) is 0. The Kier molecular flexibility index (Phi) is 7.81. The molecule has 4 aromatic rings. The number of esters is 1. The van der Waals surface area contributed by atoms with Crippen LogP contribution in [0.1, 0.15) is 29.7 Å². The second kappa shape index (κ2) is 11.4. The smallest absolute Gasteiger partial charge is 0.338 e. The molecule has 1 aliphatic rings. The van der Waals surface area contributed by atoms with Crippen LogP contribution in [0.3, 0.4) is 0 Å². The van der Waals surface area contributed by atoms with Gasteiger partial charge in [0.1, 0.15) is 6.04 Å². The lowest BCUT2D eigenvalue weighted by Gasteiger charge is -2.27. The van der Waals surface area contributed by atoms with Crippen LogP contribution in [0, 0.1) is 0 Å². The van der Waals surface area contributed by atoms with Crippen molar-refractivity contribution in [3.63, 3.8) is 0 Å². The van der Waals surface area contributed by atoms with Crippen molar-refractivity contribution in [3.05, 3.63) is 119 Å². The Morgan fingerprint density at radius 1 is 1.05 bits per heavy atom. The summed E-state index contributed by atoms with van der Waals surface area (Å²) < 4.78 is 19.8. The highest BCUT2D eigenvalue weighted by molar-refractivity contribution is 9.10. The van der Waals surface area contributed by atoms with E-state index in [1.165, 1.54) is 18.4 Å². The summed E-state index contributed by atoms with van der Waals surface area (Å²) in [7, 11) is 3.08. The van der Waals surface area contributed by atoms with Gasteiger partial charge in [-0.3, -0.25) is 9.36 Å². The Morgan fingerprint density at radius 3 is 2.51 bits per heavy atom. The summed E-state index contributed by atoms with van der Waals surface area (Å²) >= 11 is 4.76. The maximum absolute atomic E-state index is 14.0. The Hall–Kier alpha value is -3.95. The molecule has 1 aromatic heterocycles. The summed E-state index contributed by atoms with van der Waals surface area (Å²) in [5.41, 5.74) is 2.59.